The number of nitrogens with one attached hydrogen (secondary N) is 1. The van der Waals surface area contributed by atoms with Crippen LogP contribution in [0.5, 0.6) is 0 Å². The molecule has 2 rings (SSSR count). The third kappa shape index (κ3) is 2.68. The number of furan rings is 1. The van der Waals surface area contributed by atoms with Crippen LogP contribution in [0.3, 0.4) is 0 Å². The van der Waals surface area contributed by atoms with E-state index in [0.29, 0.717) is 6.04 Å². The van der Waals surface area contributed by atoms with Crippen molar-refractivity contribution in [3.8, 4) is 0 Å². The topological polar surface area (TPSA) is 34.4 Å². The minimum absolute atomic E-state index is 0.341. The monoisotopic (exact) mass is 233 g/mol. The standard InChI is InChI=1S/C14H19NO2/c1-10(9-16-3)15-8-13-11(2)17-14-7-5-4-6-12(13)14/h4-7,10,15H,8-9H2,1-3H3. The molecule has 0 aliphatic rings. The van der Waals surface area contributed by atoms with Crippen molar-refractivity contribution in [3.63, 3.8) is 0 Å². The van der Waals surface area contributed by atoms with Gasteiger partial charge in [0.05, 0.1) is 6.61 Å². The van der Waals surface area contributed by atoms with Crippen molar-refractivity contribution in [1.82, 2.24) is 5.32 Å². The fourth-order valence-electron chi connectivity index (χ4n) is 2.03. The zero-order valence-electron chi connectivity index (χ0n) is 10.6. The van der Waals surface area contributed by atoms with Gasteiger partial charge < -0.3 is 14.5 Å². The van der Waals surface area contributed by atoms with Crippen LogP contribution in [0.2, 0.25) is 0 Å². The van der Waals surface area contributed by atoms with Crippen molar-refractivity contribution >= 4 is 11.0 Å². The van der Waals surface area contributed by atoms with Gasteiger partial charge in [-0.2, -0.15) is 0 Å². The van der Waals surface area contributed by atoms with Crippen LogP contribution in [0.1, 0.15) is 18.2 Å². The maximum absolute atomic E-state index is 5.72. The lowest BCUT2D eigenvalue weighted by Gasteiger charge is -2.12. The minimum Gasteiger partial charge on any atom is -0.461 e. The molecule has 3 heteroatoms. The summed E-state index contributed by atoms with van der Waals surface area (Å²) >= 11 is 0. The largest absolute Gasteiger partial charge is 0.461 e. The summed E-state index contributed by atoms with van der Waals surface area (Å²) < 4.78 is 10.8. The molecule has 0 amide bonds. The first-order valence-corrected chi connectivity index (χ1v) is 5.91. The van der Waals surface area contributed by atoms with Crippen LogP contribution in [0.15, 0.2) is 28.7 Å². The number of fused-ring (bicyclic) bond motifs is 1. The fraction of sp³-hybridized carbons (Fsp3) is 0.429. The highest BCUT2D eigenvalue weighted by atomic mass is 16.5. The van der Waals surface area contributed by atoms with Crippen molar-refractivity contribution in [2.45, 2.75) is 26.4 Å². The molecule has 1 aromatic heterocycles. The van der Waals surface area contributed by atoms with Gasteiger partial charge in [0, 0.05) is 30.6 Å². The van der Waals surface area contributed by atoms with Gasteiger partial charge >= 0.3 is 0 Å². The van der Waals surface area contributed by atoms with Crippen LogP contribution in [0, 0.1) is 6.92 Å². The summed E-state index contributed by atoms with van der Waals surface area (Å²) in [4.78, 5) is 0. The molecule has 1 unspecified atom stereocenters. The van der Waals surface area contributed by atoms with Gasteiger partial charge in [-0.1, -0.05) is 18.2 Å². The van der Waals surface area contributed by atoms with Crippen LogP contribution in [0.25, 0.3) is 11.0 Å². The zero-order valence-corrected chi connectivity index (χ0v) is 10.6. The SMILES string of the molecule is COCC(C)NCc1c(C)oc2ccccc12. The van der Waals surface area contributed by atoms with E-state index in [4.69, 9.17) is 9.15 Å². The van der Waals surface area contributed by atoms with Crippen LogP contribution < -0.4 is 5.32 Å². The molecule has 0 aliphatic heterocycles. The van der Waals surface area contributed by atoms with E-state index in [1.165, 1.54) is 10.9 Å². The Morgan fingerprint density at radius 3 is 2.88 bits per heavy atom. The third-order valence-electron chi connectivity index (χ3n) is 2.94. The van der Waals surface area contributed by atoms with Gasteiger partial charge in [-0.25, -0.2) is 0 Å². The second-order valence-electron chi connectivity index (χ2n) is 4.37. The Morgan fingerprint density at radius 1 is 1.35 bits per heavy atom. The number of rotatable bonds is 5. The van der Waals surface area contributed by atoms with E-state index < -0.39 is 0 Å². The number of ether oxygens (including phenoxy) is 1. The van der Waals surface area contributed by atoms with Gasteiger partial charge in [0.25, 0.3) is 0 Å². The summed E-state index contributed by atoms with van der Waals surface area (Å²) in [5.41, 5.74) is 2.20. The van der Waals surface area contributed by atoms with E-state index >= 15 is 0 Å². The molecule has 1 atom stereocenters. The van der Waals surface area contributed by atoms with Crippen LogP contribution >= 0.6 is 0 Å². The third-order valence-corrected chi connectivity index (χ3v) is 2.94. The summed E-state index contributed by atoms with van der Waals surface area (Å²) in [5.74, 6) is 0.989. The fourth-order valence-corrected chi connectivity index (χ4v) is 2.03. The molecular weight excluding hydrogens is 214 g/mol. The first-order chi connectivity index (χ1) is 8.22. The van der Waals surface area contributed by atoms with Crippen LogP contribution in [-0.4, -0.2) is 19.8 Å². The van der Waals surface area contributed by atoms with E-state index in [9.17, 15) is 0 Å². The molecule has 0 radical (unpaired) electrons. The Labute approximate surface area is 102 Å². The predicted octanol–water partition coefficient (Wildman–Crippen LogP) is 2.87. The number of aryl methyl sites for hydroxylation is 1. The molecule has 0 spiro atoms. The molecule has 0 fully saturated rings. The molecule has 0 saturated carbocycles. The van der Waals surface area contributed by atoms with Gasteiger partial charge in [-0.05, 0) is 19.9 Å². The Morgan fingerprint density at radius 2 is 2.12 bits per heavy atom. The predicted molar refractivity (Wildman–Crippen MR) is 69.1 cm³/mol. The second kappa shape index (κ2) is 5.34. The molecule has 0 saturated heterocycles. The van der Waals surface area contributed by atoms with Gasteiger partial charge in [0.1, 0.15) is 11.3 Å². The van der Waals surface area contributed by atoms with Gasteiger partial charge in [-0.3, -0.25) is 0 Å². The first-order valence-electron chi connectivity index (χ1n) is 5.91. The van der Waals surface area contributed by atoms with Gasteiger partial charge in [0.2, 0.25) is 0 Å². The lowest BCUT2D eigenvalue weighted by molar-refractivity contribution is 0.171. The maximum atomic E-state index is 5.72. The summed E-state index contributed by atoms with van der Waals surface area (Å²) in [6.45, 7) is 5.65. The highest BCUT2D eigenvalue weighted by Crippen LogP contribution is 2.24. The molecule has 92 valence electrons. The van der Waals surface area contributed by atoms with Crippen molar-refractivity contribution in [1.29, 1.82) is 0 Å². The Balaban J connectivity index is 2.15. The smallest absolute Gasteiger partial charge is 0.134 e. The number of para-hydroxylation sites is 1. The van der Waals surface area contributed by atoms with E-state index in [1.54, 1.807) is 7.11 Å². The van der Waals surface area contributed by atoms with Crippen LogP contribution in [0.4, 0.5) is 0 Å². The number of hydrogen-bond donors (Lipinski definition) is 1. The normalized spacial score (nSPS) is 13.1. The van der Waals surface area contributed by atoms with Crippen molar-refractivity contribution in [2.24, 2.45) is 0 Å². The highest BCUT2D eigenvalue weighted by Gasteiger charge is 2.10. The average Bonchev–Trinajstić information content (AvgIpc) is 2.62. The van der Waals surface area contributed by atoms with E-state index in [-0.39, 0.29) is 0 Å². The summed E-state index contributed by atoms with van der Waals surface area (Å²) in [5, 5.41) is 4.63. The Hall–Kier alpha value is -1.32. The molecule has 0 bridgehead atoms. The molecule has 17 heavy (non-hydrogen) atoms. The molecule has 1 N–H and O–H groups in total. The van der Waals surface area contributed by atoms with Crippen molar-refractivity contribution in [2.75, 3.05) is 13.7 Å². The number of methoxy groups -OCH3 is 1. The summed E-state index contributed by atoms with van der Waals surface area (Å²) in [6.07, 6.45) is 0. The van der Waals surface area contributed by atoms with Crippen molar-refractivity contribution in [3.05, 3.63) is 35.6 Å². The molecule has 3 nitrogen and oxygen atoms in total. The van der Waals surface area contributed by atoms with E-state index in [0.717, 1.165) is 24.5 Å². The second-order valence-corrected chi connectivity index (χ2v) is 4.37. The van der Waals surface area contributed by atoms with E-state index in [2.05, 4.69) is 18.3 Å². The molecule has 2 aromatic rings. The summed E-state index contributed by atoms with van der Waals surface area (Å²) in [6, 6.07) is 8.48. The molecule has 0 aliphatic carbocycles. The Kier molecular flexibility index (Phi) is 3.82. The van der Waals surface area contributed by atoms with Gasteiger partial charge in [0.15, 0.2) is 0 Å². The summed E-state index contributed by atoms with van der Waals surface area (Å²) in [7, 11) is 1.72. The number of hydrogen-bond acceptors (Lipinski definition) is 3. The van der Waals surface area contributed by atoms with E-state index in [1.807, 2.05) is 25.1 Å². The number of benzene rings is 1. The van der Waals surface area contributed by atoms with Crippen molar-refractivity contribution < 1.29 is 9.15 Å². The first kappa shape index (κ1) is 12.1. The molecule has 1 aromatic carbocycles. The highest BCUT2D eigenvalue weighted by molar-refractivity contribution is 5.82. The quantitative estimate of drug-likeness (QED) is 0.862. The maximum Gasteiger partial charge on any atom is 0.134 e. The Bertz CT molecular complexity index is 490. The lowest BCUT2D eigenvalue weighted by Crippen LogP contribution is -2.29. The molecular formula is C14H19NO2. The molecule has 1 heterocycles. The lowest BCUT2D eigenvalue weighted by atomic mass is 10.1. The average molecular weight is 233 g/mol. The van der Waals surface area contributed by atoms with Gasteiger partial charge in [-0.15, -0.1) is 0 Å². The minimum atomic E-state index is 0.341. The van der Waals surface area contributed by atoms with Crippen LogP contribution in [-0.2, 0) is 11.3 Å². The zero-order chi connectivity index (χ0) is 12.3.